The van der Waals surface area contributed by atoms with Crippen molar-refractivity contribution in [1.29, 1.82) is 0 Å². The Kier molecular flexibility index (Phi) is 6.03. The molecule has 2 aromatic rings. The number of carboxylic acid groups (broad SMARTS) is 1. The van der Waals surface area contributed by atoms with E-state index in [2.05, 4.69) is 20.9 Å². The Morgan fingerprint density at radius 1 is 1.42 bits per heavy atom. The molecule has 1 aromatic heterocycles. The number of benzene rings is 1. The minimum absolute atomic E-state index is 0. The maximum atomic E-state index is 12.6. The second-order valence-corrected chi connectivity index (χ2v) is 5.98. The van der Waals surface area contributed by atoms with Gasteiger partial charge in [-0.05, 0) is 29.8 Å². The first-order valence-corrected chi connectivity index (χ1v) is 7.63. The van der Waals surface area contributed by atoms with Crippen LogP contribution in [0.3, 0.4) is 0 Å². The molecule has 0 saturated heterocycles. The Morgan fingerprint density at radius 3 is 2.83 bits per heavy atom. The van der Waals surface area contributed by atoms with Crippen LogP contribution in [0.1, 0.15) is 27.7 Å². The number of carbonyl (C=O) groups excluding carboxylic acids is 1. The van der Waals surface area contributed by atoms with Crippen LogP contribution in [0.25, 0.3) is 0 Å². The normalized spacial score (nSPS) is 13.9. The third-order valence-corrected chi connectivity index (χ3v) is 4.22. The second-order valence-electron chi connectivity index (χ2n) is 5.07. The average molecular weight is 401 g/mol. The number of ether oxygens (including phenoxy) is 1. The summed E-state index contributed by atoms with van der Waals surface area (Å²) in [5, 5.41) is 9.66. The third kappa shape index (κ3) is 3.35. The molecule has 1 amide bonds. The van der Waals surface area contributed by atoms with Crippen LogP contribution in [0, 0.1) is 0 Å². The number of fused-ring (bicyclic) bond motifs is 1. The zero-order valence-corrected chi connectivity index (χ0v) is 13.8. The van der Waals surface area contributed by atoms with Gasteiger partial charge in [0.1, 0.15) is 11.4 Å². The zero-order chi connectivity index (χ0) is 16.6. The molecule has 0 fully saturated rings. The van der Waals surface area contributed by atoms with Crippen LogP contribution in [0.15, 0.2) is 41.0 Å². The van der Waals surface area contributed by atoms with Crippen LogP contribution in [0.4, 0.5) is 0 Å². The van der Waals surface area contributed by atoms with E-state index in [-0.39, 0.29) is 47.7 Å². The maximum absolute atomic E-state index is 12.6. The number of nitrogens with zero attached hydrogens (tertiary/aromatic N) is 2. The van der Waals surface area contributed by atoms with Crippen molar-refractivity contribution in [3.05, 3.63) is 57.8 Å². The molecule has 1 N–H and O–H groups in total. The summed E-state index contributed by atoms with van der Waals surface area (Å²) < 4.78 is 5.97. The van der Waals surface area contributed by atoms with Gasteiger partial charge in [-0.25, -0.2) is 4.79 Å². The Bertz CT molecular complexity index is 799. The van der Waals surface area contributed by atoms with Gasteiger partial charge in [0.05, 0.1) is 7.11 Å². The van der Waals surface area contributed by atoms with E-state index in [4.69, 9.17) is 4.74 Å². The predicted molar refractivity (Wildman–Crippen MR) is 92.3 cm³/mol. The van der Waals surface area contributed by atoms with Gasteiger partial charge in [0.15, 0.2) is 6.04 Å². The van der Waals surface area contributed by atoms with Crippen LogP contribution < -0.4 is 4.74 Å². The van der Waals surface area contributed by atoms with E-state index in [0.717, 1.165) is 10.0 Å². The van der Waals surface area contributed by atoms with Gasteiger partial charge < -0.3 is 14.7 Å². The molecule has 0 aliphatic carbocycles. The summed E-state index contributed by atoms with van der Waals surface area (Å²) in [6.45, 7) is 0.220. The number of amides is 1. The Balaban J connectivity index is 0.00000208. The van der Waals surface area contributed by atoms with Crippen molar-refractivity contribution >= 4 is 57.4 Å². The van der Waals surface area contributed by atoms with Crippen molar-refractivity contribution in [3.63, 3.8) is 0 Å². The number of carbonyl (C=O) groups is 2. The Labute approximate surface area is 169 Å². The van der Waals surface area contributed by atoms with Crippen LogP contribution in [-0.2, 0) is 11.3 Å². The van der Waals surface area contributed by atoms with E-state index in [0.29, 0.717) is 11.3 Å². The number of aromatic nitrogens is 1. The van der Waals surface area contributed by atoms with Crippen LogP contribution in [0.2, 0.25) is 0 Å². The first kappa shape index (κ1) is 18.9. The van der Waals surface area contributed by atoms with Gasteiger partial charge in [0, 0.05) is 22.8 Å². The minimum atomic E-state index is -1.20. The summed E-state index contributed by atoms with van der Waals surface area (Å²) >= 11 is 3.33. The molecule has 0 radical (unpaired) electrons. The molecule has 0 spiro atoms. The van der Waals surface area contributed by atoms with Crippen molar-refractivity contribution in [2.24, 2.45) is 0 Å². The van der Waals surface area contributed by atoms with Crippen molar-refractivity contribution in [1.82, 2.24) is 9.88 Å². The van der Waals surface area contributed by atoms with Gasteiger partial charge in [-0.15, -0.1) is 0 Å². The van der Waals surface area contributed by atoms with Gasteiger partial charge >= 0.3 is 35.5 Å². The first-order chi connectivity index (χ1) is 11.0. The van der Waals surface area contributed by atoms with Crippen molar-refractivity contribution < 1.29 is 19.4 Å². The number of methoxy groups -OCH3 is 1. The van der Waals surface area contributed by atoms with Crippen molar-refractivity contribution in [3.8, 4) is 5.75 Å². The molecular weight excluding hydrogens is 387 g/mol. The van der Waals surface area contributed by atoms with Gasteiger partial charge in [-0.2, -0.15) is 0 Å². The molecule has 120 valence electrons. The number of rotatable bonds is 4. The Hall–Kier alpha value is -1.41. The summed E-state index contributed by atoms with van der Waals surface area (Å²) in [6, 6.07) is 7.41. The van der Waals surface area contributed by atoms with Gasteiger partial charge in [-0.1, -0.05) is 22.0 Å². The molecule has 1 unspecified atom stereocenters. The molecule has 3 rings (SSSR count). The molecule has 0 saturated carbocycles. The number of hydrogen-bond acceptors (Lipinski definition) is 4. The Morgan fingerprint density at radius 2 is 2.17 bits per heavy atom. The molecular formula is C16H14BrN2NaO4. The molecule has 1 atom stereocenters. The molecule has 1 aromatic carbocycles. The van der Waals surface area contributed by atoms with Crippen LogP contribution in [-0.4, -0.2) is 63.5 Å². The SMILES string of the molecule is COc1cccnc1C(C(=O)O)N1Cc2ccc(Br)cc2C1=O.[NaH]. The van der Waals surface area contributed by atoms with Crippen LogP contribution in [0.5, 0.6) is 5.75 Å². The van der Waals surface area contributed by atoms with Gasteiger partial charge in [0.2, 0.25) is 0 Å². The van der Waals surface area contributed by atoms with Gasteiger partial charge in [0.25, 0.3) is 5.91 Å². The second kappa shape index (κ2) is 7.65. The fourth-order valence-corrected chi connectivity index (χ4v) is 3.04. The van der Waals surface area contributed by atoms with E-state index in [1.165, 1.54) is 18.2 Å². The molecule has 6 nitrogen and oxygen atoms in total. The molecule has 2 heterocycles. The van der Waals surface area contributed by atoms with Gasteiger partial charge in [-0.3, -0.25) is 9.78 Å². The number of pyridine rings is 1. The molecule has 8 heteroatoms. The summed E-state index contributed by atoms with van der Waals surface area (Å²) in [5.74, 6) is -1.14. The number of carboxylic acids is 1. The summed E-state index contributed by atoms with van der Waals surface area (Å²) in [6.07, 6.45) is 1.48. The monoisotopic (exact) mass is 400 g/mol. The number of halogens is 1. The fraction of sp³-hybridized carbons (Fsp3) is 0.188. The summed E-state index contributed by atoms with van der Waals surface area (Å²) in [7, 11) is 1.44. The van der Waals surface area contributed by atoms with Crippen molar-refractivity contribution in [2.45, 2.75) is 12.6 Å². The van der Waals surface area contributed by atoms with Crippen molar-refractivity contribution in [2.75, 3.05) is 7.11 Å². The van der Waals surface area contributed by atoms with E-state index < -0.39 is 12.0 Å². The molecule has 1 aliphatic rings. The van der Waals surface area contributed by atoms with E-state index in [1.807, 2.05) is 12.1 Å². The van der Waals surface area contributed by atoms with E-state index >= 15 is 0 Å². The number of hydrogen-bond donors (Lipinski definition) is 1. The van der Waals surface area contributed by atoms with Crippen LogP contribution >= 0.6 is 15.9 Å². The van der Waals surface area contributed by atoms with E-state index in [9.17, 15) is 14.7 Å². The fourth-order valence-electron chi connectivity index (χ4n) is 2.68. The molecule has 1 aliphatic heterocycles. The summed E-state index contributed by atoms with van der Waals surface area (Å²) in [4.78, 5) is 29.9. The molecule has 24 heavy (non-hydrogen) atoms. The zero-order valence-electron chi connectivity index (χ0n) is 12.2. The topological polar surface area (TPSA) is 79.7 Å². The predicted octanol–water partition coefficient (Wildman–Crippen LogP) is 1.99. The third-order valence-electron chi connectivity index (χ3n) is 3.73. The molecule has 0 bridgehead atoms. The average Bonchev–Trinajstić information content (AvgIpc) is 2.84. The quantitative estimate of drug-likeness (QED) is 0.793. The van der Waals surface area contributed by atoms with E-state index in [1.54, 1.807) is 18.2 Å². The summed E-state index contributed by atoms with van der Waals surface area (Å²) in [5.41, 5.74) is 1.50. The first-order valence-electron chi connectivity index (χ1n) is 6.84. The standard InChI is InChI=1S/C16H13BrN2O4.Na.H/c1-23-12-3-2-6-18-13(12)14(16(21)22)19-8-9-4-5-10(17)7-11(9)15(19)20;;/h2-7,14H,8H2,1H3,(H,21,22);;. The number of aliphatic carboxylic acids is 1.